The maximum absolute atomic E-state index is 14.2. The zero-order chi connectivity index (χ0) is 44.7. The van der Waals surface area contributed by atoms with Crippen LogP contribution in [0.3, 0.4) is 0 Å². The molecule has 0 spiro atoms. The van der Waals surface area contributed by atoms with Gasteiger partial charge in [0.05, 0.1) is 25.6 Å². The Kier molecular flexibility index (Phi) is 10.6. The first-order valence-electron chi connectivity index (χ1n) is 23.6. The van der Waals surface area contributed by atoms with Crippen molar-refractivity contribution >= 4 is 24.0 Å². The number of rotatable bonds is 11. The van der Waals surface area contributed by atoms with Gasteiger partial charge in [0.1, 0.15) is 34.8 Å². The van der Waals surface area contributed by atoms with Crippen LogP contribution in [-0.4, -0.2) is 93.1 Å². The summed E-state index contributed by atoms with van der Waals surface area (Å²) in [7, 11) is 2.64. The van der Waals surface area contributed by atoms with Crippen LogP contribution in [0.25, 0.3) is 33.6 Å². The van der Waals surface area contributed by atoms with Crippen molar-refractivity contribution in [2.24, 2.45) is 23.7 Å². The van der Waals surface area contributed by atoms with Crippen molar-refractivity contribution in [3.8, 4) is 33.6 Å². The number of H-pyrrole nitrogens is 2. The Morgan fingerprint density at radius 3 is 1.36 bits per heavy atom. The van der Waals surface area contributed by atoms with Crippen molar-refractivity contribution in [3.63, 3.8) is 0 Å². The van der Waals surface area contributed by atoms with Crippen LogP contribution < -0.4 is 10.6 Å². The minimum Gasteiger partial charge on any atom is -0.453 e. The Balaban J connectivity index is 0.932. The standard InChI is InChI=1S/C50H62N8O6/c1-27(2)41(55-47(61)63-5)43(59)57-25-29-17-19-49(57,21-29)45-51-23-39(53-45)37-15-13-35(31-9-7-11-33(31)37)36-14-16-38(34-12-8-10-32(34)36)40-24-52-46(54-40)50-20-18-30(22-50)26-58(50)44(60)42(28(3)4)56-48(62)64-6/h13-16,23-24,27-30,41-42H,7-12,17-22,25-26H2,1-6H3,(H,51,53)(H,52,54)(H,55,61)(H,56,62)/t29?,30?,41-,42-,49?,50?/m0/s1. The lowest BCUT2D eigenvalue weighted by Crippen LogP contribution is -2.56. The molecule has 64 heavy (non-hydrogen) atoms. The van der Waals surface area contributed by atoms with E-state index in [9.17, 15) is 19.2 Å². The molecular weight excluding hydrogens is 809 g/mol. The normalized spacial score (nSPS) is 24.9. The summed E-state index contributed by atoms with van der Waals surface area (Å²) >= 11 is 0. The number of aromatic nitrogens is 4. The average molecular weight is 871 g/mol. The van der Waals surface area contributed by atoms with Gasteiger partial charge < -0.3 is 39.9 Å². The molecule has 10 rings (SSSR count). The van der Waals surface area contributed by atoms with E-state index in [4.69, 9.17) is 19.4 Å². The molecule has 4 fully saturated rings. The molecular formula is C50H62N8O6. The van der Waals surface area contributed by atoms with Crippen LogP contribution in [0.15, 0.2) is 36.7 Å². The molecule has 2 aliphatic heterocycles. The molecule has 4 amide bonds. The van der Waals surface area contributed by atoms with E-state index in [2.05, 4.69) is 44.9 Å². The number of piperidine rings is 2. The number of imidazole rings is 2. The lowest BCUT2D eigenvalue weighted by atomic mass is 9.87. The number of nitrogens with zero attached hydrogens (tertiary/aromatic N) is 4. The van der Waals surface area contributed by atoms with Crippen molar-refractivity contribution in [1.29, 1.82) is 0 Å². The fourth-order valence-electron chi connectivity index (χ4n) is 12.7. The Labute approximate surface area is 375 Å². The minimum absolute atomic E-state index is 0.0812. The lowest BCUT2D eigenvalue weighted by molar-refractivity contribution is -0.141. The van der Waals surface area contributed by atoms with Crippen molar-refractivity contribution in [2.45, 2.75) is 128 Å². The monoisotopic (exact) mass is 870 g/mol. The number of carbonyl (C=O) groups is 4. The van der Waals surface area contributed by atoms with Gasteiger partial charge in [-0.2, -0.15) is 0 Å². The van der Waals surface area contributed by atoms with Gasteiger partial charge in [0.25, 0.3) is 0 Å². The fourth-order valence-corrected chi connectivity index (χ4v) is 12.7. The number of fused-ring (bicyclic) bond motifs is 6. The zero-order valence-corrected chi connectivity index (χ0v) is 38.1. The molecule has 4 unspecified atom stereocenters. The highest BCUT2D eigenvalue weighted by Gasteiger charge is 2.58. The van der Waals surface area contributed by atoms with Gasteiger partial charge in [-0.15, -0.1) is 0 Å². The van der Waals surface area contributed by atoms with E-state index in [0.717, 1.165) is 111 Å². The maximum atomic E-state index is 14.2. The minimum atomic E-state index is -0.682. The second kappa shape index (κ2) is 16.1. The van der Waals surface area contributed by atoms with Crippen molar-refractivity contribution in [3.05, 3.63) is 70.6 Å². The molecule has 2 saturated carbocycles. The third-order valence-electron chi connectivity index (χ3n) is 15.9. The number of likely N-dealkylation sites (tertiary alicyclic amines) is 2. The van der Waals surface area contributed by atoms with Gasteiger partial charge in [-0.1, -0.05) is 52.0 Å². The third kappa shape index (κ3) is 6.71. The Morgan fingerprint density at radius 2 is 1.00 bits per heavy atom. The van der Waals surface area contributed by atoms with E-state index in [1.54, 1.807) is 0 Å². The van der Waals surface area contributed by atoms with Crippen LogP contribution in [0.5, 0.6) is 0 Å². The van der Waals surface area contributed by atoms with E-state index in [1.807, 2.05) is 49.9 Å². The first kappa shape index (κ1) is 42.3. The Bertz CT molecular complexity index is 2350. The number of nitrogens with one attached hydrogen (secondary N) is 4. The Hall–Kier alpha value is -5.66. The number of hydrogen-bond acceptors (Lipinski definition) is 8. The molecule has 2 saturated heterocycles. The molecule has 4 aromatic rings. The number of alkyl carbamates (subject to hydrolysis) is 2. The van der Waals surface area contributed by atoms with Gasteiger partial charge in [-0.25, -0.2) is 19.6 Å². The number of aromatic amines is 2. The highest BCUT2D eigenvalue weighted by molar-refractivity contribution is 5.88. The molecule has 4 aliphatic carbocycles. The van der Waals surface area contributed by atoms with Crippen LogP contribution in [-0.2, 0) is 55.8 Å². The fraction of sp³-hybridized carbons (Fsp3) is 0.560. The molecule has 14 heteroatoms. The number of hydrogen-bond donors (Lipinski definition) is 4. The van der Waals surface area contributed by atoms with E-state index in [-0.39, 0.29) is 23.7 Å². The van der Waals surface area contributed by atoms with Crippen molar-refractivity contribution < 1.29 is 28.7 Å². The van der Waals surface area contributed by atoms with Crippen LogP contribution in [0.4, 0.5) is 9.59 Å². The summed E-state index contributed by atoms with van der Waals surface area (Å²) in [4.78, 5) is 74.5. The third-order valence-corrected chi connectivity index (χ3v) is 15.9. The van der Waals surface area contributed by atoms with E-state index in [0.29, 0.717) is 24.9 Å². The van der Waals surface area contributed by atoms with Gasteiger partial charge >= 0.3 is 12.2 Å². The smallest absolute Gasteiger partial charge is 0.407 e. The predicted molar refractivity (Wildman–Crippen MR) is 241 cm³/mol. The molecule has 4 bridgehead atoms. The van der Waals surface area contributed by atoms with Gasteiger partial charge in [0.2, 0.25) is 11.8 Å². The second-order valence-corrected chi connectivity index (χ2v) is 20.1. The highest BCUT2D eigenvalue weighted by Crippen LogP contribution is 2.54. The molecule has 6 atom stereocenters. The topological polar surface area (TPSA) is 175 Å². The molecule has 2 aromatic carbocycles. The van der Waals surface area contributed by atoms with Crippen LogP contribution in [0.2, 0.25) is 0 Å². The van der Waals surface area contributed by atoms with Gasteiger partial charge in [-0.3, -0.25) is 9.59 Å². The predicted octanol–water partition coefficient (Wildman–Crippen LogP) is 7.55. The van der Waals surface area contributed by atoms with Crippen molar-refractivity contribution in [2.75, 3.05) is 27.3 Å². The molecule has 4 N–H and O–H groups in total. The summed E-state index contributed by atoms with van der Waals surface area (Å²) in [6.07, 6.45) is 14.5. The van der Waals surface area contributed by atoms with Gasteiger partial charge in [0.15, 0.2) is 0 Å². The SMILES string of the molecule is COC(=O)N[C@H](C(=O)N1CC2CCC1(c1nc(-c3ccc(-c4ccc(-c5c[nH]c(C67CCC(CN6C(=O)[C@@H](NC(=O)OC)C(C)C)C7)n5)c5c4CCC5)c4c3CCC4)c[nH]1)C2)C(C)C. The average Bonchev–Trinajstić information content (AvgIpc) is 4.15. The summed E-state index contributed by atoms with van der Waals surface area (Å²) in [5, 5.41) is 5.59. The van der Waals surface area contributed by atoms with Crippen LogP contribution in [0, 0.1) is 23.7 Å². The van der Waals surface area contributed by atoms with E-state index in [1.165, 1.54) is 47.6 Å². The lowest BCUT2D eigenvalue weighted by Gasteiger charge is -2.40. The van der Waals surface area contributed by atoms with E-state index >= 15 is 0 Å². The highest BCUT2D eigenvalue weighted by atomic mass is 16.5. The van der Waals surface area contributed by atoms with Crippen molar-refractivity contribution in [1.82, 2.24) is 40.4 Å². The quantitative estimate of drug-likeness (QED) is 0.120. The summed E-state index contributed by atoms with van der Waals surface area (Å²) in [6.45, 7) is 9.11. The molecule has 2 aromatic heterocycles. The Morgan fingerprint density at radius 1 is 0.625 bits per heavy atom. The number of carbonyl (C=O) groups excluding carboxylic acids is 4. The number of ether oxygens (including phenoxy) is 2. The van der Waals surface area contributed by atoms with Crippen LogP contribution >= 0.6 is 0 Å². The molecule has 0 radical (unpaired) electrons. The van der Waals surface area contributed by atoms with E-state index < -0.39 is 35.3 Å². The molecule has 338 valence electrons. The molecule has 6 aliphatic rings. The molecule has 14 nitrogen and oxygen atoms in total. The first-order valence-corrected chi connectivity index (χ1v) is 23.6. The zero-order valence-electron chi connectivity index (χ0n) is 38.1. The first-order chi connectivity index (χ1) is 30.8. The summed E-state index contributed by atoms with van der Waals surface area (Å²) in [5.41, 5.74) is 11.2. The summed E-state index contributed by atoms with van der Waals surface area (Å²) in [5.74, 6) is 2.10. The largest absolute Gasteiger partial charge is 0.453 e. The number of amides is 4. The summed E-state index contributed by atoms with van der Waals surface area (Å²) in [6, 6.07) is 7.75. The number of benzene rings is 2. The van der Waals surface area contributed by atoms with Gasteiger partial charge in [0, 0.05) is 36.6 Å². The van der Waals surface area contributed by atoms with Crippen LogP contribution in [0.1, 0.15) is 113 Å². The molecule has 4 heterocycles. The summed E-state index contributed by atoms with van der Waals surface area (Å²) < 4.78 is 9.75. The second-order valence-electron chi connectivity index (χ2n) is 20.1. The van der Waals surface area contributed by atoms with Gasteiger partial charge in [-0.05, 0) is 134 Å². The maximum Gasteiger partial charge on any atom is 0.407 e. The number of methoxy groups -OCH3 is 2.